The summed E-state index contributed by atoms with van der Waals surface area (Å²) in [4.78, 5) is 11.4. The zero-order valence-electron chi connectivity index (χ0n) is 9.58. The highest BCUT2D eigenvalue weighted by Crippen LogP contribution is 2.27. The number of Topliss-reactive ketones (excluding diaryl/α,β-unsaturated/α-hetero) is 1. The van der Waals surface area contributed by atoms with Gasteiger partial charge in [-0.1, -0.05) is 6.90 Å². The standard InChI is InChI=1S/C9H17BrO6/c1-2-3-5(12)7(14)9(10,16)8(15)6(13)4-11/h6-8,11,13-16H,2-4H2,1H3/t6-,7+,8-,9-/m1/s1/i1D. The number of hydrogen-bond donors (Lipinski definition) is 5. The molecule has 7 heteroatoms. The third-order valence-electron chi connectivity index (χ3n) is 2.08. The lowest BCUT2D eigenvalue weighted by Gasteiger charge is -2.32. The lowest BCUT2D eigenvalue weighted by atomic mass is 9.98. The van der Waals surface area contributed by atoms with Crippen molar-refractivity contribution in [3.8, 4) is 0 Å². The van der Waals surface area contributed by atoms with Crippen molar-refractivity contribution in [3.63, 3.8) is 0 Å². The number of ketones is 1. The van der Waals surface area contributed by atoms with Crippen LogP contribution in [-0.2, 0) is 4.79 Å². The Hall–Kier alpha value is -0.0500. The second kappa shape index (κ2) is 6.63. The van der Waals surface area contributed by atoms with Gasteiger partial charge in [-0.05, 0) is 22.4 Å². The van der Waals surface area contributed by atoms with Crippen molar-refractivity contribution in [1.82, 2.24) is 0 Å². The van der Waals surface area contributed by atoms with Gasteiger partial charge in [-0.2, -0.15) is 0 Å². The topological polar surface area (TPSA) is 118 Å². The second-order valence-corrected chi connectivity index (χ2v) is 4.67. The highest BCUT2D eigenvalue weighted by atomic mass is 79.9. The van der Waals surface area contributed by atoms with E-state index in [2.05, 4.69) is 15.9 Å². The minimum atomic E-state index is -2.44. The summed E-state index contributed by atoms with van der Waals surface area (Å²) in [6.07, 6.45) is -5.48. The molecule has 0 bridgehead atoms. The highest BCUT2D eigenvalue weighted by molar-refractivity contribution is 9.10. The Morgan fingerprint density at radius 1 is 1.50 bits per heavy atom. The molecule has 0 rings (SSSR count). The van der Waals surface area contributed by atoms with E-state index in [4.69, 9.17) is 11.6 Å². The molecule has 0 aromatic carbocycles. The Balaban J connectivity index is 4.62. The normalized spacial score (nSPS) is 21.8. The van der Waals surface area contributed by atoms with Crippen molar-refractivity contribution >= 4 is 21.7 Å². The highest BCUT2D eigenvalue weighted by Gasteiger charge is 2.46. The fourth-order valence-electron chi connectivity index (χ4n) is 1.07. The first-order chi connectivity index (χ1) is 7.78. The molecule has 0 aliphatic carbocycles. The number of rotatable bonds is 7. The molecular formula is C9H17BrO6. The van der Waals surface area contributed by atoms with E-state index in [0.29, 0.717) is 0 Å². The van der Waals surface area contributed by atoms with Gasteiger partial charge in [-0.25, -0.2) is 0 Å². The molecular weight excluding hydrogens is 284 g/mol. The van der Waals surface area contributed by atoms with Gasteiger partial charge in [-0.3, -0.25) is 4.79 Å². The zero-order valence-corrected chi connectivity index (χ0v) is 10.2. The van der Waals surface area contributed by atoms with Crippen LogP contribution in [0.3, 0.4) is 0 Å². The molecule has 0 heterocycles. The van der Waals surface area contributed by atoms with Crippen LogP contribution in [0.4, 0.5) is 0 Å². The molecule has 96 valence electrons. The Labute approximate surface area is 103 Å². The van der Waals surface area contributed by atoms with Gasteiger partial charge in [0.2, 0.25) is 0 Å². The number of carbonyl (C=O) groups is 1. The average molecular weight is 302 g/mol. The summed E-state index contributed by atoms with van der Waals surface area (Å²) in [6.45, 7) is -0.830. The molecule has 0 aliphatic rings. The minimum Gasteiger partial charge on any atom is -0.394 e. The molecule has 5 N–H and O–H groups in total. The monoisotopic (exact) mass is 301 g/mol. The largest absolute Gasteiger partial charge is 0.394 e. The molecule has 0 saturated carbocycles. The molecule has 0 aromatic heterocycles. The van der Waals surface area contributed by atoms with Gasteiger partial charge in [0.05, 0.1) is 6.61 Å². The fraction of sp³-hybridized carbons (Fsp3) is 0.889. The molecule has 0 fully saturated rings. The second-order valence-electron chi connectivity index (χ2n) is 3.39. The molecule has 16 heavy (non-hydrogen) atoms. The Bertz CT molecular complexity index is 250. The Kier molecular flexibility index (Phi) is 5.81. The van der Waals surface area contributed by atoms with E-state index in [1.165, 1.54) is 0 Å². The lowest BCUT2D eigenvalue weighted by molar-refractivity contribution is -0.153. The van der Waals surface area contributed by atoms with Gasteiger partial charge >= 0.3 is 0 Å². The van der Waals surface area contributed by atoms with Gasteiger partial charge in [0.15, 0.2) is 16.4 Å². The van der Waals surface area contributed by atoms with Crippen molar-refractivity contribution in [1.29, 1.82) is 0 Å². The minimum absolute atomic E-state index is 0.000985. The van der Waals surface area contributed by atoms with Crippen molar-refractivity contribution in [2.45, 2.75) is 42.6 Å². The molecule has 0 saturated heterocycles. The number of aliphatic hydroxyl groups is 5. The summed E-state index contributed by atoms with van der Waals surface area (Å²) in [5.41, 5.74) is 0. The van der Waals surface area contributed by atoms with Crippen molar-refractivity contribution < 1.29 is 31.7 Å². The third kappa shape index (κ3) is 3.76. The zero-order chi connectivity index (χ0) is 13.6. The van der Waals surface area contributed by atoms with Crippen LogP contribution < -0.4 is 0 Å². The van der Waals surface area contributed by atoms with Crippen LogP contribution in [0.15, 0.2) is 0 Å². The summed E-state index contributed by atoms with van der Waals surface area (Å²) in [5, 5.41) is 46.4. The van der Waals surface area contributed by atoms with Crippen LogP contribution in [0.5, 0.6) is 0 Å². The molecule has 0 spiro atoms. The Morgan fingerprint density at radius 2 is 2.06 bits per heavy atom. The average Bonchev–Trinajstić information content (AvgIpc) is 2.32. The van der Waals surface area contributed by atoms with Crippen molar-refractivity contribution in [2.75, 3.05) is 6.61 Å². The lowest BCUT2D eigenvalue weighted by Crippen LogP contribution is -2.55. The maximum atomic E-state index is 11.4. The van der Waals surface area contributed by atoms with Crippen LogP contribution >= 0.6 is 15.9 Å². The van der Waals surface area contributed by atoms with Crippen LogP contribution in [-0.4, -0.2) is 60.7 Å². The predicted octanol–water partition coefficient (Wildman–Crippen LogP) is -1.49. The maximum Gasteiger partial charge on any atom is 0.180 e. The summed E-state index contributed by atoms with van der Waals surface area (Å²) in [7, 11) is 0. The SMILES string of the molecule is [2H]CCCC(=O)[C@H](O)[C@](O)(Br)[C@H](O)[C@H](O)CO. The third-order valence-corrected chi connectivity index (χ3v) is 2.98. The van der Waals surface area contributed by atoms with E-state index in [1.807, 2.05) is 0 Å². The van der Waals surface area contributed by atoms with Gasteiger partial charge < -0.3 is 25.5 Å². The van der Waals surface area contributed by atoms with E-state index >= 15 is 0 Å². The molecule has 6 nitrogen and oxygen atoms in total. The van der Waals surface area contributed by atoms with Crippen LogP contribution in [0.25, 0.3) is 0 Å². The number of alkyl halides is 1. The molecule has 0 unspecified atom stereocenters. The maximum absolute atomic E-state index is 11.4. The summed E-state index contributed by atoms with van der Waals surface area (Å²) in [6, 6.07) is 0. The quantitative estimate of drug-likeness (QED) is 0.366. The number of carbonyl (C=O) groups excluding carboxylic acids is 1. The van der Waals surface area contributed by atoms with E-state index in [0.717, 1.165) is 0 Å². The van der Waals surface area contributed by atoms with Crippen LogP contribution in [0.2, 0.25) is 0 Å². The van der Waals surface area contributed by atoms with E-state index in [-0.39, 0.29) is 19.7 Å². The van der Waals surface area contributed by atoms with Gasteiger partial charge in [0, 0.05) is 7.79 Å². The number of hydrogen-bond acceptors (Lipinski definition) is 6. The molecule has 0 radical (unpaired) electrons. The number of halogens is 1. The van der Waals surface area contributed by atoms with Gasteiger partial charge in [0.25, 0.3) is 0 Å². The molecule has 0 aliphatic heterocycles. The fourth-order valence-corrected chi connectivity index (χ4v) is 1.63. The van der Waals surface area contributed by atoms with Crippen molar-refractivity contribution in [3.05, 3.63) is 0 Å². The smallest absolute Gasteiger partial charge is 0.180 e. The van der Waals surface area contributed by atoms with E-state index in [1.54, 1.807) is 0 Å². The first kappa shape index (κ1) is 14.0. The summed E-state index contributed by atoms with van der Waals surface area (Å²) in [5.74, 6) is -0.763. The van der Waals surface area contributed by atoms with Gasteiger partial charge in [0.1, 0.15) is 12.2 Å². The first-order valence-corrected chi connectivity index (χ1v) is 5.46. The summed E-state index contributed by atoms with van der Waals surface area (Å²) >= 11 is 2.56. The van der Waals surface area contributed by atoms with E-state index in [9.17, 15) is 20.1 Å². The Morgan fingerprint density at radius 3 is 2.50 bits per heavy atom. The van der Waals surface area contributed by atoms with E-state index < -0.39 is 35.2 Å². The predicted molar refractivity (Wildman–Crippen MR) is 58.9 cm³/mol. The summed E-state index contributed by atoms with van der Waals surface area (Å²) < 4.78 is 4.41. The van der Waals surface area contributed by atoms with Crippen LogP contribution in [0.1, 0.15) is 21.1 Å². The van der Waals surface area contributed by atoms with Crippen molar-refractivity contribution in [2.24, 2.45) is 0 Å². The number of aliphatic hydroxyl groups excluding tert-OH is 4. The molecule has 4 atom stereocenters. The van der Waals surface area contributed by atoms with Crippen LogP contribution in [0, 0.1) is 0 Å². The molecule has 0 aromatic rings. The molecule has 0 amide bonds. The first-order valence-electron chi connectivity index (χ1n) is 5.38. The van der Waals surface area contributed by atoms with Gasteiger partial charge in [-0.15, -0.1) is 0 Å².